The molecule has 0 bridgehead atoms. The minimum atomic E-state index is -5.08. The Labute approximate surface area is 131 Å². The number of ether oxygens (including phenoxy) is 1. The maximum absolute atomic E-state index is 10.6. The molecule has 0 amide bonds. The fourth-order valence-electron chi connectivity index (χ4n) is 1.95. The first-order valence-electron chi connectivity index (χ1n) is 7.25. The molecule has 128 valence electrons. The van der Waals surface area contributed by atoms with Crippen LogP contribution in [-0.2, 0) is 4.79 Å². The van der Waals surface area contributed by atoms with Crippen molar-refractivity contribution in [2.75, 3.05) is 31.1 Å². The minimum absolute atomic E-state index is 0.436. The third-order valence-electron chi connectivity index (χ3n) is 3.23. The normalized spacial score (nSPS) is 18.0. The van der Waals surface area contributed by atoms with Crippen LogP contribution >= 0.6 is 0 Å². The van der Waals surface area contributed by atoms with Crippen LogP contribution in [0.1, 0.15) is 12.8 Å². The first kappa shape index (κ1) is 17.3. The highest BCUT2D eigenvalue weighted by Gasteiger charge is 2.38. The van der Waals surface area contributed by atoms with Crippen molar-refractivity contribution in [3.05, 3.63) is 18.3 Å². The maximum Gasteiger partial charge on any atom is 0.490 e. The SMILES string of the molecule is O=C(O)C(F)(F)F.c1cnc(N2CCNCC2)c(OC2CC2)c1. The first-order valence-corrected chi connectivity index (χ1v) is 7.25. The number of alkyl halides is 3. The number of anilines is 1. The van der Waals surface area contributed by atoms with Crippen LogP contribution < -0.4 is 15.0 Å². The number of aliphatic carboxylic acids is 1. The summed E-state index contributed by atoms with van der Waals surface area (Å²) < 4.78 is 37.6. The average molecular weight is 333 g/mol. The highest BCUT2D eigenvalue weighted by molar-refractivity contribution is 5.73. The molecular formula is C14H18F3N3O3. The molecule has 2 aliphatic rings. The van der Waals surface area contributed by atoms with Crippen LogP contribution in [0.5, 0.6) is 5.75 Å². The number of carboxylic acids is 1. The van der Waals surface area contributed by atoms with E-state index >= 15 is 0 Å². The predicted octanol–water partition coefficient (Wildman–Crippen LogP) is 1.67. The molecule has 2 fully saturated rings. The van der Waals surface area contributed by atoms with Gasteiger partial charge in [-0.25, -0.2) is 9.78 Å². The van der Waals surface area contributed by atoms with Gasteiger partial charge in [-0.05, 0) is 25.0 Å². The predicted molar refractivity (Wildman–Crippen MR) is 76.7 cm³/mol. The number of piperazine rings is 1. The minimum Gasteiger partial charge on any atom is -0.487 e. The van der Waals surface area contributed by atoms with Gasteiger partial charge >= 0.3 is 12.1 Å². The molecule has 2 heterocycles. The second kappa shape index (κ2) is 7.49. The van der Waals surface area contributed by atoms with Gasteiger partial charge in [-0.15, -0.1) is 0 Å². The Kier molecular flexibility index (Phi) is 5.64. The molecule has 1 saturated carbocycles. The second-order valence-electron chi connectivity index (χ2n) is 5.18. The van der Waals surface area contributed by atoms with E-state index in [0.29, 0.717) is 6.10 Å². The van der Waals surface area contributed by atoms with Gasteiger partial charge in [0.15, 0.2) is 11.6 Å². The number of nitrogens with one attached hydrogen (secondary N) is 1. The van der Waals surface area contributed by atoms with Crippen LogP contribution in [0.3, 0.4) is 0 Å². The van der Waals surface area contributed by atoms with Gasteiger partial charge in [0.05, 0.1) is 6.10 Å². The van der Waals surface area contributed by atoms with Crippen LogP contribution in [0.4, 0.5) is 19.0 Å². The quantitative estimate of drug-likeness (QED) is 0.876. The lowest BCUT2D eigenvalue weighted by molar-refractivity contribution is -0.192. The van der Waals surface area contributed by atoms with Crippen molar-refractivity contribution < 1.29 is 27.8 Å². The Balaban J connectivity index is 0.000000236. The molecule has 23 heavy (non-hydrogen) atoms. The molecule has 1 aliphatic carbocycles. The van der Waals surface area contributed by atoms with E-state index in [1.54, 1.807) is 0 Å². The fraction of sp³-hybridized carbons (Fsp3) is 0.571. The first-order chi connectivity index (χ1) is 10.9. The zero-order chi connectivity index (χ0) is 16.9. The summed E-state index contributed by atoms with van der Waals surface area (Å²) in [5.41, 5.74) is 0. The molecule has 3 rings (SSSR count). The number of pyridine rings is 1. The summed E-state index contributed by atoms with van der Waals surface area (Å²) >= 11 is 0. The smallest absolute Gasteiger partial charge is 0.487 e. The van der Waals surface area contributed by atoms with Crippen molar-refractivity contribution in [1.82, 2.24) is 10.3 Å². The summed E-state index contributed by atoms with van der Waals surface area (Å²) in [6.45, 7) is 4.08. The van der Waals surface area contributed by atoms with Gasteiger partial charge < -0.3 is 20.1 Å². The number of aromatic nitrogens is 1. The van der Waals surface area contributed by atoms with Gasteiger partial charge in [0.1, 0.15) is 0 Å². The lowest BCUT2D eigenvalue weighted by Crippen LogP contribution is -2.44. The summed E-state index contributed by atoms with van der Waals surface area (Å²) in [7, 11) is 0. The van der Waals surface area contributed by atoms with Crippen LogP contribution in [0.2, 0.25) is 0 Å². The van der Waals surface area contributed by atoms with Gasteiger partial charge in [-0.3, -0.25) is 0 Å². The van der Waals surface area contributed by atoms with Crippen LogP contribution in [0.25, 0.3) is 0 Å². The second-order valence-corrected chi connectivity index (χ2v) is 5.18. The van der Waals surface area contributed by atoms with E-state index in [2.05, 4.69) is 15.2 Å². The standard InChI is InChI=1S/C12H17N3O.C2HF3O2/c1-2-11(16-10-3-4-10)12(14-5-1)15-8-6-13-7-9-15;3-2(4,5)1(6)7/h1-2,5,10,13H,3-4,6-9H2;(H,6,7). The Bertz CT molecular complexity index is 529. The molecule has 1 aromatic heterocycles. The largest absolute Gasteiger partial charge is 0.490 e. The number of rotatable bonds is 3. The van der Waals surface area contributed by atoms with E-state index in [9.17, 15) is 13.2 Å². The molecule has 0 aromatic carbocycles. The van der Waals surface area contributed by atoms with Crippen LogP contribution in [-0.4, -0.2) is 54.5 Å². The van der Waals surface area contributed by atoms with Gasteiger partial charge in [0.2, 0.25) is 0 Å². The van der Waals surface area contributed by atoms with Crippen molar-refractivity contribution in [3.8, 4) is 5.75 Å². The van der Waals surface area contributed by atoms with Crippen molar-refractivity contribution in [1.29, 1.82) is 0 Å². The van der Waals surface area contributed by atoms with Crippen molar-refractivity contribution >= 4 is 11.8 Å². The van der Waals surface area contributed by atoms with Gasteiger partial charge in [-0.2, -0.15) is 13.2 Å². The van der Waals surface area contributed by atoms with E-state index in [1.807, 2.05) is 18.3 Å². The molecule has 1 aromatic rings. The summed E-state index contributed by atoms with van der Waals surface area (Å²) in [6.07, 6.45) is -0.422. The lowest BCUT2D eigenvalue weighted by atomic mass is 10.3. The Morgan fingerprint density at radius 1 is 1.35 bits per heavy atom. The van der Waals surface area contributed by atoms with E-state index < -0.39 is 12.1 Å². The Morgan fingerprint density at radius 3 is 2.48 bits per heavy atom. The topological polar surface area (TPSA) is 74.7 Å². The number of hydrogen-bond donors (Lipinski definition) is 2. The van der Waals surface area contributed by atoms with E-state index in [1.165, 1.54) is 12.8 Å². The molecule has 1 saturated heterocycles. The molecule has 0 unspecified atom stereocenters. The van der Waals surface area contributed by atoms with Crippen molar-refractivity contribution in [3.63, 3.8) is 0 Å². The summed E-state index contributed by atoms with van der Waals surface area (Å²) in [5, 5.41) is 10.5. The van der Waals surface area contributed by atoms with Crippen LogP contribution in [0, 0.1) is 0 Å². The molecule has 1 aliphatic heterocycles. The summed E-state index contributed by atoms with van der Waals surface area (Å²) in [6, 6.07) is 3.98. The monoisotopic (exact) mass is 333 g/mol. The van der Waals surface area contributed by atoms with Crippen LogP contribution in [0.15, 0.2) is 18.3 Å². The van der Waals surface area contributed by atoms with E-state index in [0.717, 1.165) is 37.7 Å². The van der Waals surface area contributed by atoms with Gasteiger partial charge in [0, 0.05) is 32.4 Å². The van der Waals surface area contributed by atoms with E-state index in [-0.39, 0.29) is 0 Å². The number of carbonyl (C=O) groups is 1. The summed E-state index contributed by atoms with van der Waals surface area (Å²) in [4.78, 5) is 15.7. The molecule has 9 heteroatoms. The number of nitrogens with zero attached hydrogens (tertiary/aromatic N) is 2. The fourth-order valence-corrected chi connectivity index (χ4v) is 1.95. The summed E-state index contributed by atoms with van der Waals surface area (Å²) in [5.74, 6) is -0.796. The molecule has 2 N–H and O–H groups in total. The third-order valence-corrected chi connectivity index (χ3v) is 3.23. The lowest BCUT2D eigenvalue weighted by Gasteiger charge is -2.29. The number of carboxylic acid groups (broad SMARTS) is 1. The molecule has 0 spiro atoms. The van der Waals surface area contributed by atoms with Crippen molar-refractivity contribution in [2.45, 2.75) is 25.1 Å². The van der Waals surface area contributed by atoms with Gasteiger partial charge in [-0.1, -0.05) is 0 Å². The molecular weight excluding hydrogens is 315 g/mol. The average Bonchev–Trinajstić information content (AvgIpc) is 3.32. The van der Waals surface area contributed by atoms with E-state index in [4.69, 9.17) is 14.6 Å². The molecule has 6 nitrogen and oxygen atoms in total. The zero-order valence-electron chi connectivity index (χ0n) is 12.3. The number of hydrogen-bond acceptors (Lipinski definition) is 5. The highest BCUT2D eigenvalue weighted by Crippen LogP contribution is 2.32. The maximum atomic E-state index is 10.6. The Morgan fingerprint density at radius 2 is 1.96 bits per heavy atom. The third kappa shape index (κ3) is 5.59. The van der Waals surface area contributed by atoms with Crippen molar-refractivity contribution in [2.24, 2.45) is 0 Å². The number of halogens is 3. The highest BCUT2D eigenvalue weighted by atomic mass is 19.4. The zero-order valence-corrected chi connectivity index (χ0v) is 12.3. The molecule has 0 atom stereocenters. The van der Waals surface area contributed by atoms with Gasteiger partial charge in [0.25, 0.3) is 0 Å². The Hall–Kier alpha value is -2.03. The molecule has 0 radical (unpaired) electrons.